The van der Waals surface area contributed by atoms with Gasteiger partial charge in [-0.15, -0.1) is 11.8 Å². The highest BCUT2D eigenvalue weighted by Gasteiger charge is 2.04. The van der Waals surface area contributed by atoms with Crippen LogP contribution in [0, 0.1) is 0 Å². The van der Waals surface area contributed by atoms with E-state index in [2.05, 4.69) is 43.4 Å². The number of nitrogens with one attached hydrogen (secondary N) is 1. The van der Waals surface area contributed by atoms with Gasteiger partial charge in [-0.05, 0) is 44.0 Å². The van der Waals surface area contributed by atoms with Crippen LogP contribution in [-0.4, -0.2) is 24.0 Å². The van der Waals surface area contributed by atoms with Crippen LogP contribution in [0.2, 0.25) is 0 Å². The average Bonchev–Trinajstić information content (AvgIpc) is 2.36. The highest BCUT2D eigenvalue weighted by Crippen LogP contribution is 2.22. The summed E-state index contributed by atoms with van der Waals surface area (Å²) in [6.07, 6.45) is 2.02. The van der Waals surface area contributed by atoms with Crippen LogP contribution in [0.5, 0.6) is 0 Å². The number of aliphatic hydroxyl groups is 1. The van der Waals surface area contributed by atoms with Crippen molar-refractivity contribution in [2.75, 3.05) is 18.9 Å². The number of thioether (sulfide) groups is 1. The maximum absolute atomic E-state index is 8.76. The first-order valence-corrected chi connectivity index (χ1v) is 7.33. The van der Waals surface area contributed by atoms with E-state index >= 15 is 0 Å². The Kier molecular flexibility index (Phi) is 7.33. The van der Waals surface area contributed by atoms with Crippen LogP contribution in [0.25, 0.3) is 0 Å². The molecule has 1 rings (SSSR count). The predicted octanol–water partition coefficient (Wildman–Crippen LogP) is 3.22. The third-order valence-electron chi connectivity index (χ3n) is 2.63. The Labute approximate surface area is 109 Å². The first-order chi connectivity index (χ1) is 8.27. The molecule has 1 unspecified atom stereocenters. The number of hydrogen-bond donors (Lipinski definition) is 2. The van der Waals surface area contributed by atoms with Gasteiger partial charge in [0, 0.05) is 23.3 Å². The Balaban J connectivity index is 2.52. The van der Waals surface area contributed by atoms with Crippen molar-refractivity contribution in [3.8, 4) is 0 Å². The van der Waals surface area contributed by atoms with Gasteiger partial charge in [0.25, 0.3) is 0 Å². The quantitative estimate of drug-likeness (QED) is 0.551. The molecule has 0 heterocycles. The van der Waals surface area contributed by atoms with Crippen molar-refractivity contribution in [3.63, 3.8) is 0 Å². The molecule has 0 bridgehead atoms. The average molecular weight is 253 g/mol. The van der Waals surface area contributed by atoms with Crippen LogP contribution in [-0.2, 0) is 0 Å². The summed E-state index contributed by atoms with van der Waals surface area (Å²) in [7, 11) is 0. The first kappa shape index (κ1) is 14.6. The maximum atomic E-state index is 8.76. The van der Waals surface area contributed by atoms with E-state index in [0.717, 1.165) is 25.1 Å². The molecule has 0 aliphatic carbocycles. The lowest BCUT2D eigenvalue weighted by Crippen LogP contribution is -2.19. The van der Waals surface area contributed by atoms with Gasteiger partial charge in [-0.1, -0.05) is 19.1 Å². The van der Waals surface area contributed by atoms with E-state index in [0.29, 0.717) is 6.04 Å². The molecule has 0 saturated heterocycles. The van der Waals surface area contributed by atoms with Crippen LogP contribution in [0.3, 0.4) is 0 Å². The summed E-state index contributed by atoms with van der Waals surface area (Å²) in [6.45, 7) is 5.72. The molecule has 0 fully saturated rings. The Morgan fingerprint density at radius 2 is 2.24 bits per heavy atom. The van der Waals surface area contributed by atoms with Gasteiger partial charge in [-0.25, -0.2) is 0 Å². The van der Waals surface area contributed by atoms with Crippen molar-refractivity contribution in [1.82, 2.24) is 5.32 Å². The van der Waals surface area contributed by atoms with Crippen molar-refractivity contribution in [3.05, 3.63) is 29.8 Å². The first-order valence-electron chi connectivity index (χ1n) is 6.35. The van der Waals surface area contributed by atoms with Crippen LogP contribution < -0.4 is 5.32 Å². The van der Waals surface area contributed by atoms with Crippen molar-refractivity contribution >= 4 is 11.8 Å². The normalized spacial score (nSPS) is 12.6. The smallest absolute Gasteiger partial charge is 0.0439 e. The molecule has 0 aliphatic rings. The molecule has 0 aromatic heterocycles. The van der Waals surface area contributed by atoms with E-state index in [1.54, 1.807) is 0 Å². The molecule has 0 saturated carbocycles. The third kappa shape index (κ3) is 5.57. The van der Waals surface area contributed by atoms with Gasteiger partial charge >= 0.3 is 0 Å². The monoisotopic (exact) mass is 253 g/mol. The largest absolute Gasteiger partial charge is 0.396 e. The Hall–Kier alpha value is -0.510. The molecule has 2 N–H and O–H groups in total. The van der Waals surface area contributed by atoms with Gasteiger partial charge in [0.2, 0.25) is 0 Å². The minimum absolute atomic E-state index is 0.279. The minimum Gasteiger partial charge on any atom is -0.396 e. The molecule has 0 amide bonds. The molecule has 1 aromatic carbocycles. The number of benzene rings is 1. The SMILES string of the molecule is CCCNC(C)c1cccc(SCCCO)c1. The van der Waals surface area contributed by atoms with Crippen molar-refractivity contribution < 1.29 is 5.11 Å². The van der Waals surface area contributed by atoms with Crippen LogP contribution in [0.1, 0.15) is 38.3 Å². The fraction of sp³-hybridized carbons (Fsp3) is 0.571. The molecular formula is C14H23NOS. The standard InChI is InChI=1S/C14H23NOS/c1-3-8-15-12(2)13-6-4-7-14(11-13)17-10-5-9-16/h4,6-7,11-12,15-16H,3,5,8-10H2,1-2H3. The highest BCUT2D eigenvalue weighted by atomic mass is 32.2. The van der Waals surface area contributed by atoms with Gasteiger partial charge in [0.05, 0.1) is 0 Å². The molecule has 2 nitrogen and oxygen atoms in total. The van der Waals surface area contributed by atoms with Gasteiger partial charge in [0.15, 0.2) is 0 Å². The molecule has 3 heteroatoms. The second-order valence-electron chi connectivity index (χ2n) is 4.17. The molecule has 17 heavy (non-hydrogen) atoms. The summed E-state index contributed by atoms with van der Waals surface area (Å²) in [4.78, 5) is 1.29. The Bertz CT molecular complexity index is 317. The summed E-state index contributed by atoms with van der Waals surface area (Å²) >= 11 is 1.81. The molecule has 0 spiro atoms. The lowest BCUT2D eigenvalue weighted by atomic mass is 10.1. The molecule has 0 aliphatic heterocycles. The van der Waals surface area contributed by atoms with E-state index < -0.39 is 0 Å². The van der Waals surface area contributed by atoms with Gasteiger partial charge < -0.3 is 10.4 Å². The van der Waals surface area contributed by atoms with Gasteiger partial charge in [-0.3, -0.25) is 0 Å². The van der Waals surface area contributed by atoms with Crippen LogP contribution in [0.4, 0.5) is 0 Å². The van der Waals surface area contributed by atoms with E-state index in [1.165, 1.54) is 10.5 Å². The second kappa shape index (κ2) is 8.56. The van der Waals surface area contributed by atoms with E-state index in [1.807, 2.05) is 11.8 Å². The summed E-state index contributed by atoms with van der Waals surface area (Å²) < 4.78 is 0. The summed E-state index contributed by atoms with van der Waals surface area (Å²) in [6, 6.07) is 9.07. The van der Waals surface area contributed by atoms with Crippen molar-refractivity contribution in [2.24, 2.45) is 0 Å². The number of rotatable bonds is 8. The zero-order chi connectivity index (χ0) is 12.5. The molecule has 1 aromatic rings. The number of aliphatic hydroxyl groups excluding tert-OH is 1. The van der Waals surface area contributed by atoms with Gasteiger partial charge in [0.1, 0.15) is 0 Å². The van der Waals surface area contributed by atoms with Crippen molar-refractivity contribution in [1.29, 1.82) is 0 Å². The molecular weight excluding hydrogens is 230 g/mol. The Morgan fingerprint density at radius 1 is 1.41 bits per heavy atom. The summed E-state index contributed by atoms with van der Waals surface area (Å²) in [5.74, 6) is 0.983. The molecule has 96 valence electrons. The van der Waals surface area contributed by atoms with Crippen LogP contribution >= 0.6 is 11.8 Å². The number of hydrogen-bond acceptors (Lipinski definition) is 3. The van der Waals surface area contributed by atoms with Crippen molar-refractivity contribution in [2.45, 2.75) is 37.6 Å². The Morgan fingerprint density at radius 3 is 2.94 bits per heavy atom. The lowest BCUT2D eigenvalue weighted by Gasteiger charge is -2.14. The van der Waals surface area contributed by atoms with E-state index in [-0.39, 0.29) is 6.61 Å². The molecule has 1 atom stereocenters. The van der Waals surface area contributed by atoms with Gasteiger partial charge in [-0.2, -0.15) is 0 Å². The maximum Gasteiger partial charge on any atom is 0.0439 e. The topological polar surface area (TPSA) is 32.3 Å². The summed E-state index contributed by atoms with van der Waals surface area (Å²) in [5, 5.41) is 12.3. The fourth-order valence-electron chi connectivity index (χ4n) is 1.61. The minimum atomic E-state index is 0.279. The fourth-order valence-corrected chi connectivity index (χ4v) is 2.51. The van der Waals surface area contributed by atoms with E-state index in [4.69, 9.17) is 5.11 Å². The highest BCUT2D eigenvalue weighted by molar-refractivity contribution is 7.99. The predicted molar refractivity (Wildman–Crippen MR) is 75.6 cm³/mol. The lowest BCUT2D eigenvalue weighted by molar-refractivity contribution is 0.296. The van der Waals surface area contributed by atoms with Crippen LogP contribution in [0.15, 0.2) is 29.2 Å². The zero-order valence-electron chi connectivity index (χ0n) is 10.8. The molecule has 0 radical (unpaired) electrons. The summed E-state index contributed by atoms with van der Waals surface area (Å²) in [5.41, 5.74) is 1.34. The zero-order valence-corrected chi connectivity index (χ0v) is 11.6. The van der Waals surface area contributed by atoms with E-state index in [9.17, 15) is 0 Å². The third-order valence-corrected chi connectivity index (χ3v) is 3.71. The second-order valence-corrected chi connectivity index (χ2v) is 5.34.